The summed E-state index contributed by atoms with van der Waals surface area (Å²) in [7, 11) is -3.92. The van der Waals surface area contributed by atoms with E-state index >= 15 is 0 Å². The van der Waals surface area contributed by atoms with Gasteiger partial charge >= 0.3 is 7.60 Å². The lowest BCUT2D eigenvalue weighted by molar-refractivity contribution is 0.385. The minimum Gasteiger partial charge on any atom is -0.321 e. The van der Waals surface area contributed by atoms with Gasteiger partial charge in [-0.25, -0.2) is 0 Å². The summed E-state index contributed by atoms with van der Waals surface area (Å²) in [5.74, 6) is 1.05. The maximum atomic E-state index is 10.4. The van der Waals surface area contributed by atoms with E-state index in [1.54, 1.807) is 0 Å². The Balaban J connectivity index is 4.26. The highest BCUT2D eigenvalue weighted by molar-refractivity contribution is 7.55. The normalized spacial score (nSPS) is 11.2. The van der Waals surface area contributed by atoms with Crippen LogP contribution in [0.15, 0.2) is 11.4 Å². The van der Waals surface area contributed by atoms with Crippen molar-refractivity contribution in [1.82, 2.24) is 0 Å². The van der Waals surface area contributed by atoms with Gasteiger partial charge < -0.3 is 9.79 Å². The quantitative estimate of drug-likeness (QED) is 0.626. The van der Waals surface area contributed by atoms with Crippen LogP contribution >= 0.6 is 7.60 Å². The van der Waals surface area contributed by atoms with Crippen LogP contribution in [0.3, 0.4) is 0 Å². The SMILES string of the molecule is CCC(=CP(=O)(O)O)CC. The van der Waals surface area contributed by atoms with Crippen LogP contribution in [0.25, 0.3) is 0 Å². The summed E-state index contributed by atoms with van der Waals surface area (Å²) in [4.78, 5) is 17.0. The fraction of sp³-hybridized carbons (Fsp3) is 0.667. The molecule has 10 heavy (non-hydrogen) atoms. The Hall–Kier alpha value is -0.110. The molecule has 0 aliphatic rings. The highest BCUT2D eigenvalue weighted by atomic mass is 31.2. The molecule has 0 rings (SSSR count). The van der Waals surface area contributed by atoms with Gasteiger partial charge in [-0.3, -0.25) is 4.57 Å². The second-order valence-electron chi connectivity index (χ2n) is 2.08. The molecular formula is C6H13O3P. The Morgan fingerprint density at radius 3 is 1.90 bits per heavy atom. The summed E-state index contributed by atoms with van der Waals surface area (Å²) < 4.78 is 10.4. The van der Waals surface area contributed by atoms with Crippen molar-refractivity contribution in [3.63, 3.8) is 0 Å². The predicted octanol–water partition coefficient (Wildman–Crippen LogP) is 1.87. The first-order valence-electron chi connectivity index (χ1n) is 3.25. The zero-order valence-electron chi connectivity index (χ0n) is 6.24. The van der Waals surface area contributed by atoms with Gasteiger partial charge in [0.25, 0.3) is 0 Å². The molecule has 0 radical (unpaired) electrons. The molecule has 60 valence electrons. The Kier molecular flexibility index (Phi) is 3.87. The molecule has 4 heteroatoms. The molecule has 0 amide bonds. The minimum absolute atomic E-state index is 0.710. The van der Waals surface area contributed by atoms with E-state index in [1.165, 1.54) is 0 Å². The van der Waals surface area contributed by atoms with Crippen molar-refractivity contribution in [1.29, 1.82) is 0 Å². The van der Waals surface area contributed by atoms with Gasteiger partial charge in [-0.15, -0.1) is 0 Å². The summed E-state index contributed by atoms with van der Waals surface area (Å²) in [6, 6.07) is 0. The average Bonchev–Trinajstić information content (AvgIpc) is 1.81. The highest BCUT2D eigenvalue weighted by Gasteiger charge is 2.07. The van der Waals surface area contributed by atoms with Gasteiger partial charge in [0.2, 0.25) is 0 Å². The van der Waals surface area contributed by atoms with Crippen LogP contribution in [0.2, 0.25) is 0 Å². The monoisotopic (exact) mass is 164 g/mol. The van der Waals surface area contributed by atoms with Gasteiger partial charge in [-0.1, -0.05) is 19.4 Å². The van der Waals surface area contributed by atoms with Crippen LogP contribution in [-0.2, 0) is 4.57 Å². The Bertz CT molecular complexity index is 162. The molecule has 0 aliphatic carbocycles. The molecule has 0 heterocycles. The molecule has 0 saturated heterocycles. The number of rotatable bonds is 3. The lowest BCUT2D eigenvalue weighted by Crippen LogP contribution is -1.78. The molecular weight excluding hydrogens is 151 g/mol. The van der Waals surface area contributed by atoms with Crippen LogP contribution in [0.1, 0.15) is 26.7 Å². The molecule has 2 N–H and O–H groups in total. The van der Waals surface area contributed by atoms with E-state index in [1.807, 2.05) is 13.8 Å². The van der Waals surface area contributed by atoms with Gasteiger partial charge in [-0.05, 0) is 12.8 Å². The van der Waals surface area contributed by atoms with Crippen LogP contribution in [0, 0.1) is 0 Å². The molecule has 0 fully saturated rings. The zero-order valence-corrected chi connectivity index (χ0v) is 7.14. The molecule has 0 saturated carbocycles. The van der Waals surface area contributed by atoms with Crippen molar-refractivity contribution in [3.05, 3.63) is 11.4 Å². The zero-order chi connectivity index (χ0) is 8.20. The summed E-state index contributed by atoms with van der Waals surface area (Å²) in [5, 5.41) is 0. The van der Waals surface area contributed by atoms with E-state index in [-0.39, 0.29) is 0 Å². The lowest BCUT2D eigenvalue weighted by Gasteiger charge is -2.00. The molecule has 0 aromatic heterocycles. The van der Waals surface area contributed by atoms with Crippen molar-refractivity contribution in [2.75, 3.05) is 0 Å². The third-order valence-electron chi connectivity index (χ3n) is 1.26. The molecule has 0 unspecified atom stereocenters. The maximum absolute atomic E-state index is 10.4. The van der Waals surface area contributed by atoms with Crippen molar-refractivity contribution in [2.24, 2.45) is 0 Å². The van der Waals surface area contributed by atoms with E-state index in [4.69, 9.17) is 9.79 Å². The van der Waals surface area contributed by atoms with Crippen molar-refractivity contribution < 1.29 is 14.4 Å². The van der Waals surface area contributed by atoms with Crippen molar-refractivity contribution in [3.8, 4) is 0 Å². The smallest absolute Gasteiger partial charge is 0.321 e. The topological polar surface area (TPSA) is 57.5 Å². The van der Waals surface area contributed by atoms with Crippen LogP contribution in [0.5, 0.6) is 0 Å². The fourth-order valence-corrected chi connectivity index (χ4v) is 1.51. The molecule has 0 atom stereocenters. The molecule has 0 aromatic carbocycles. The second kappa shape index (κ2) is 3.91. The first kappa shape index (κ1) is 9.89. The predicted molar refractivity (Wildman–Crippen MR) is 40.7 cm³/mol. The third kappa shape index (κ3) is 4.74. The van der Waals surface area contributed by atoms with E-state index in [0.29, 0.717) is 12.8 Å². The number of hydrogen-bond acceptors (Lipinski definition) is 1. The summed E-state index contributed by atoms with van der Waals surface area (Å²) in [6.07, 6.45) is 1.42. The van der Waals surface area contributed by atoms with Gasteiger partial charge in [0.05, 0.1) is 0 Å². The lowest BCUT2D eigenvalue weighted by atomic mass is 10.2. The van der Waals surface area contributed by atoms with Gasteiger partial charge in [0.15, 0.2) is 0 Å². The second-order valence-corrected chi connectivity index (χ2v) is 3.52. The third-order valence-corrected chi connectivity index (χ3v) is 1.96. The van der Waals surface area contributed by atoms with E-state index < -0.39 is 7.60 Å². The molecule has 0 bridgehead atoms. The largest absolute Gasteiger partial charge is 0.349 e. The highest BCUT2D eigenvalue weighted by Crippen LogP contribution is 2.38. The first-order chi connectivity index (χ1) is 4.49. The van der Waals surface area contributed by atoms with Crippen LogP contribution in [0.4, 0.5) is 0 Å². The minimum atomic E-state index is -3.92. The van der Waals surface area contributed by atoms with E-state index in [2.05, 4.69) is 0 Å². The average molecular weight is 164 g/mol. The molecule has 3 nitrogen and oxygen atoms in total. The Labute approximate surface area is 60.9 Å². The standard InChI is InChI=1S/C6H13O3P/c1-3-6(4-2)5-10(7,8)9/h5H,3-4H2,1-2H3,(H2,7,8,9). The Morgan fingerprint density at radius 2 is 1.80 bits per heavy atom. The van der Waals surface area contributed by atoms with Crippen LogP contribution in [-0.4, -0.2) is 9.79 Å². The fourth-order valence-electron chi connectivity index (χ4n) is 0.670. The van der Waals surface area contributed by atoms with Crippen LogP contribution < -0.4 is 0 Å². The maximum Gasteiger partial charge on any atom is 0.349 e. The Morgan fingerprint density at radius 1 is 1.40 bits per heavy atom. The van der Waals surface area contributed by atoms with Gasteiger partial charge in [-0.2, -0.15) is 0 Å². The number of hydrogen-bond donors (Lipinski definition) is 2. The van der Waals surface area contributed by atoms with Gasteiger partial charge in [0.1, 0.15) is 0 Å². The number of allylic oxidation sites excluding steroid dienone is 1. The molecule has 0 spiro atoms. The summed E-state index contributed by atoms with van der Waals surface area (Å²) in [6.45, 7) is 3.76. The summed E-state index contributed by atoms with van der Waals surface area (Å²) in [5.41, 5.74) is 0.813. The van der Waals surface area contributed by atoms with E-state index in [0.717, 1.165) is 11.4 Å². The van der Waals surface area contributed by atoms with Crippen molar-refractivity contribution in [2.45, 2.75) is 26.7 Å². The molecule has 0 aromatic rings. The first-order valence-corrected chi connectivity index (χ1v) is 4.93. The van der Waals surface area contributed by atoms with E-state index in [9.17, 15) is 4.57 Å². The molecule has 0 aliphatic heterocycles. The van der Waals surface area contributed by atoms with Crippen molar-refractivity contribution >= 4 is 7.60 Å². The summed E-state index contributed by atoms with van der Waals surface area (Å²) >= 11 is 0. The van der Waals surface area contributed by atoms with Gasteiger partial charge in [0, 0.05) is 5.82 Å².